The molecule has 2 heterocycles. The molecule has 1 fully saturated rings. The highest BCUT2D eigenvalue weighted by molar-refractivity contribution is 7.89. The first-order valence-corrected chi connectivity index (χ1v) is 6.24. The maximum absolute atomic E-state index is 12.0. The van der Waals surface area contributed by atoms with Crippen molar-refractivity contribution in [2.45, 2.75) is 18.1 Å². The number of nitrogens with one attached hydrogen (secondary N) is 1. The van der Waals surface area contributed by atoms with Crippen molar-refractivity contribution < 1.29 is 23.4 Å². The Morgan fingerprint density at radius 3 is 2.59 bits per heavy atom. The number of carbonyl (C=O) groups is 1. The predicted octanol–water partition coefficient (Wildman–Crippen LogP) is -1.22. The molecule has 2 rings (SSSR count). The average Bonchev–Trinajstić information content (AvgIpc) is 2.55. The highest BCUT2D eigenvalue weighted by Crippen LogP contribution is 2.24. The minimum Gasteiger partial charge on any atom is -0.478 e. The molecule has 0 amide bonds. The standard InChI is InChI=1S/C8H11N3O5S/c1-4-6(8(13)14)7(10-9-4)17(15,16)11-2-5(12)3-11/h5,12H,2-3H2,1H3,(H,9,10)(H,13,14). The first-order valence-electron chi connectivity index (χ1n) is 4.80. The number of β-amino-alcohol motifs (C(OH)–C–C–N with tert-alkyl or cyclic N) is 1. The van der Waals surface area contributed by atoms with Gasteiger partial charge in [0.2, 0.25) is 5.03 Å². The number of aromatic amines is 1. The average molecular weight is 261 g/mol. The molecule has 1 aliphatic rings. The highest BCUT2D eigenvalue weighted by Gasteiger charge is 2.39. The Bertz CT molecular complexity index is 558. The van der Waals surface area contributed by atoms with Gasteiger partial charge in [-0.25, -0.2) is 13.2 Å². The second kappa shape index (κ2) is 3.79. The fourth-order valence-electron chi connectivity index (χ4n) is 1.58. The van der Waals surface area contributed by atoms with Crippen molar-refractivity contribution in [2.24, 2.45) is 0 Å². The molecule has 3 N–H and O–H groups in total. The van der Waals surface area contributed by atoms with Crippen molar-refractivity contribution in [2.75, 3.05) is 13.1 Å². The molecule has 1 saturated heterocycles. The van der Waals surface area contributed by atoms with Crippen LogP contribution in [0.25, 0.3) is 0 Å². The molecule has 0 atom stereocenters. The summed E-state index contributed by atoms with van der Waals surface area (Å²) >= 11 is 0. The van der Waals surface area contributed by atoms with E-state index in [2.05, 4.69) is 10.2 Å². The number of aromatic nitrogens is 2. The van der Waals surface area contributed by atoms with E-state index in [1.807, 2.05) is 0 Å². The van der Waals surface area contributed by atoms with Crippen LogP contribution in [0.1, 0.15) is 16.1 Å². The van der Waals surface area contributed by atoms with Crippen LogP contribution in [0.3, 0.4) is 0 Å². The van der Waals surface area contributed by atoms with Gasteiger partial charge in [-0.05, 0) is 6.92 Å². The molecule has 17 heavy (non-hydrogen) atoms. The number of carboxylic acids is 1. The monoisotopic (exact) mass is 261 g/mol. The van der Waals surface area contributed by atoms with Crippen LogP contribution in [-0.4, -0.2) is 58.3 Å². The minimum atomic E-state index is -3.94. The Morgan fingerprint density at radius 2 is 2.12 bits per heavy atom. The smallest absolute Gasteiger partial charge is 0.340 e. The predicted molar refractivity (Wildman–Crippen MR) is 55.0 cm³/mol. The van der Waals surface area contributed by atoms with E-state index in [0.29, 0.717) is 0 Å². The fraction of sp³-hybridized carbons (Fsp3) is 0.500. The summed E-state index contributed by atoms with van der Waals surface area (Å²) in [6.07, 6.45) is -0.696. The Morgan fingerprint density at radius 1 is 1.53 bits per heavy atom. The summed E-state index contributed by atoms with van der Waals surface area (Å²) < 4.78 is 24.9. The van der Waals surface area contributed by atoms with Gasteiger partial charge in [-0.2, -0.15) is 9.40 Å². The quantitative estimate of drug-likeness (QED) is 0.626. The van der Waals surface area contributed by atoms with E-state index in [4.69, 9.17) is 10.2 Å². The number of nitrogens with zero attached hydrogens (tertiary/aromatic N) is 2. The number of carboxylic acid groups (broad SMARTS) is 1. The summed E-state index contributed by atoms with van der Waals surface area (Å²) in [4.78, 5) is 11.0. The number of aliphatic hydroxyl groups is 1. The lowest BCUT2D eigenvalue weighted by Crippen LogP contribution is -2.53. The van der Waals surface area contributed by atoms with Gasteiger partial charge in [0.25, 0.3) is 10.0 Å². The highest BCUT2D eigenvalue weighted by atomic mass is 32.2. The molecule has 8 nitrogen and oxygen atoms in total. The van der Waals surface area contributed by atoms with Gasteiger partial charge in [-0.1, -0.05) is 0 Å². The van der Waals surface area contributed by atoms with Crippen LogP contribution in [0.15, 0.2) is 5.03 Å². The van der Waals surface area contributed by atoms with Crippen LogP contribution in [-0.2, 0) is 10.0 Å². The molecule has 1 aromatic rings. The van der Waals surface area contributed by atoms with Crippen molar-refractivity contribution in [3.05, 3.63) is 11.3 Å². The Hall–Kier alpha value is -1.45. The van der Waals surface area contributed by atoms with Crippen LogP contribution in [0.5, 0.6) is 0 Å². The minimum absolute atomic E-state index is 0.0344. The molecule has 0 bridgehead atoms. The largest absolute Gasteiger partial charge is 0.478 e. The van der Waals surface area contributed by atoms with Gasteiger partial charge in [-0.15, -0.1) is 0 Å². The third-order valence-electron chi connectivity index (χ3n) is 2.54. The summed E-state index contributed by atoms with van der Waals surface area (Å²) in [6, 6.07) is 0. The molecule has 0 spiro atoms. The second-order valence-corrected chi connectivity index (χ2v) is 5.66. The van der Waals surface area contributed by atoms with Crippen molar-refractivity contribution >= 4 is 16.0 Å². The van der Waals surface area contributed by atoms with Crippen LogP contribution in [0.4, 0.5) is 0 Å². The molecule has 1 aromatic heterocycles. The number of sulfonamides is 1. The van der Waals surface area contributed by atoms with E-state index < -0.39 is 27.1 Å². The first-order chi connectivity index (χ1) is 7.84. The zero-order valence-electron chi connectivity index (χ0n) is 8.91. The summed E-state index contributed by atoms with van der Waals surface area (Å²) in [7, 11) is -3.94. The molecule has 94 valence electrons. The molecular weight excluding hydrogens is 250 g/mol. The zero-order chi connectivity index (χ0) is 12.8. The maximum Gasteiger partial charge on any atom is 0.340 e. The van der Waals surface area contributed by atoms with Crippen LogP contribution in [0.2, 0.25) is 0 Å². The van der Waals surface area contributed by atoms with Crippen LogP contribution < -0.4 is 0 Å². The molecule has 0 saturated carbocycles. The molecule has 0 unspecified atom stereocenters. The molecule has 0 aliphatic carbocycles. The van der Waals surface area contributed by atoms with Gasteiger partial charge in [0.15, 0.2) is 0 Å². The van der Waals surface area contributed by atoms with Crippen LogP contribution in [0, 0.1) is 6.92 Å². The molecular formula is C8H11N3O5S. The van der Waals surface area contributed by atoms with Gasteiger partial charge < -0.3 is 10.2 Å². The lowest BCUT2D eigenvalue weighted by atomic mass is 10.2. The Labute approximate surface area is 96.9 Å². The lowest BCUT2D eigenvalue weighted by molar-refractivity contribution is 0.0544. The van der Waals surface area contributed by atoms with Crippen molar-refractivity contribution in [3.8, 4) is 0 Å². The van der Waals surface area contributed by atoms with Crippen LogP contribution >= 0.6 is 0 Å². The van der Waals surface area contributed by atoms with Crippen molar-refractivity contribution in [1.29, 1.82) is 0 Å². The van der Waals surface area contributed by atoms with Crippen molar-refractivity contribution in [1.82, 2.24) is 14.5 Å². The van der Waals surface area contributed by atoms with Gasteiger partial charge >= 0.3 is 5.97 Å². The number of hydrogen-bond acceptors (Lipinski definition) is 5. The van der Waals surface area contributed by atoms with Gasteiger partial charge in [0.1, 0.15) is 5.56 Å². The fourth-order valence-corrected chi connectivity index (χ4v) is 3.22. The maximum atomic E-state index is 12.0. The van der Waals surface area contributed by atoms with E-state index >= 15 is 0 Å². The van der Waals surface area contributed by atoms with Gasteiger partial charge in [-0.3, -0.25) is 5.10 Å². The first kappa shape index (κ1) is 12.0. The number of hydrogen-bond donors (Lipinski definition) is 3. The van der Waals surface area contributed by atoms with E-state index in [9.17, 15) is 13.2 Å². The topological polar surface area (TPSA) is 124 Å². The number of aromatic carboxylic acids is 1. The Balaban J connectivity index is 2.44. The molecule has 0 radical (unpaired) electrons. The van der Waals surface area contributed by atoms with E-state index in [-0.39, 0.29) is 24.3 Å². The number of aryl methyl sites for hydroxylation is 1. The second-order valence-electron chi connectivity index (χ2n) is 3.81. The number of rotatable bonds is 3. The summed E-state index contributed by atoms with van der Waals surface area (Å²) in [5, 5.41) is 23.3. The third kappa shape index (κ3) is 1.81. The third-order valence-corrected chi connectivity index (χ3v) is 4.30. The summed E-state index contributed by atoms with van der Waals surface area (Å²) in [5.74, 6) is -1.35. The zero-order valence-corrected chi connectivity index (χ0v) is 9.73. The molecule has 9 heteroatoms. The number of aliphatic hydroxyl groups excluding tert-OH is 1. The number of H-pyrrole nitrogens is 1. The lowest BCUT2D eigenvalue weighted by Gasteiger charge is -2.33. The Kier molecular flexibility index (Phi) is 2.68. The molecule has 0 aromatic carbocycles. The van der Waals surface area contributed by atoms with E-state index in [1.165, 1.54) is 6.92 Å². The van der Waals surface area contributed by atoms with E-state index in [0.717, 1.165) is 4.31 Å². The summed E-state index contributed by atoms with van der Waals surface area (Å²) in [5.41, 5.74) is -0.177. The van der Waals surface area contributed by atoms with Gasteiger partial charge in [0, 0.05) is 18.8 Å². The van der Waals surface area contributed by atoms with Gasteiger partial charge in [0.05, 0.1) is 6.10 Å². The summed E-state index contributed by atoms with van der Waals surface area (Å²) in [6.45, 7) is 1.36. The molecule has 1 aliphatic heterocycles. The SMILES string of the molecule is Cc1[nH]nc(S(=O)(=O)N2CC(O)C2)c1C(=O)O. The van der Waals surface area contributed by atoms with Crippen molar-refractivity contribution in [3.63, 3.8) is 0 Å². The van der Waals surface area contributed by atoms with E-state index in [1.54, 1.807) is 0 Å². The normalized spacial score (nSPS) is 18.0.